The van der Waals surface area contributed by atoms with E-state index in [1.165, 1.54) is 4.88 Å². The topological polar surface area (TPSA) is 43.1 Å². The largest absolute Gasteiger partial charge is 0.202 e. The Bertz CT molecular complexity index is 476. The molecule has 0 fully saturated rings. The number of hydrogen-bond donors (Lipinski definition) is 0. The molecular weight excluding hydrogens is 208 g/mol. The molecule has 0 radical (unpaired) electrons. The molecular formula is C10H12N4S. The van der Waals surface area contributed by atoms with E-state index in [2.05, 4.69) is 34.4 Å². The van der Waals surface area contributed by atoms with Gasteiger partial charge in [0.2, 0.25) is 0 Å². The van der Waals surface area contributed by atoms with Crippen LogP contribution in [0.2, 0.25) is 0 Å². The van der Waals surface area contributed by atoms with Gasteiger partial charge in [-0.2, -0.15) is 5.10 Å². The molecule has 5 heteroatoms. The maximum Gasteiger partial charge on any atom is 0.151 e. The molecule has 15 heavy (non-hydrogen) atoms. The molecule has 2 rings (SSSR count). The van der Waals surface area contributed by atoms with E-state index >= 15 is 0 Å². The van der Waals surface area contributed by atoms with Crippen molar-refractivity contribution in [3.63, 3.8) is 0 Å². The molecule has 2 aromatic rings. The second-order valence-electron chi connectivity index (χ2n) is 3.30. The molecule has 4 nitrogen and oxygen atoms in total. The van der Waals surface area contributed by atoms with E-state index in [1.54, 1.807) is 16.0 Å². The maximum absolute atomic E-state index is 4.33. The van der Waals surface area contributed by atoms with Gasteiger partial charge in [-0.15, -0.1) is 21.5 Å². The van der Waals surface area contributed by atoms with Gasteiger partial charge in [-0.1, -0.05) is 0 Å². The Morgan fingerprint density at radius 3 is 2.40 bits per heavy atom. The van der Waals surface area contributed by atoms with E-state index in [4.69, 9.17) is 0 Å². The molecule has 0 saturated carbocycles. The van der Waals surface area contributed by atoms with Crippen LogP contribution in [0.15, 0.2) is 17.2 Å². The van der Waals surface area contributed by atoms with E-state index in [9.17, 15) is 0 Å². The highest BCUT2D eigenvalue weighted by atomic mass is 32.1. The predicted molar refractivity (Wildman–Crippen MR) is 61.5 cm³/mol. The van der Waals surface area contributed by atoms with Crippen LogP contribution < -0.4 is 0 Å². The third-order valence-corrected chi connectivity index (χ3v) is 2.95. The SMILES string of the molecule is Cc1ccc(/C=N\n2c(C)nnc2C)s1. The van der Waals surface area contributed by atoms with Crippen LogP contribution in [0.3, 0.4) is 0 Å². The van der Waals surface area contributed by atoms with Gasteiger partial charge in [0.25, 0.3) is 0 Å². The summed E-state index contributed by atoms with van der Waals surface area (Å²) in [5, 5.41) is 12.2. The zero-order chi connectivity index (χ0) is 10.8. The smallest absolute Gasteiger partial charge is 0.151 e. The van der Waals surface area contributed by atoms with Gasteiger partial charge in [0.15, 0.2) is 11.6 Å². The Kier molecular flexibility index (Phi) is 2.64. The molecule has 2 heterocycles. The van der Waals surface area contributed by atoms with Gasteiger partial charge in [0.05, 0.1) is 6.21 Å². The third kappa shape index (κ3) is 2.12. The van der Waals surface area contributed by atoms with Crippen LogP contribution in [-0.4, -0.2) is 21.1 Å². The predicted octanol–water partition coefficient (Wildman–Crippen LogP) is 2.15. The zero-order valence-electron chi connectivity index (χ0n) is 8.93. The Hall–Kier alpha value is -1.49. The second-order valence-corrected chi connectivity index (χ2v) is 4.62. The number of thiophene rings is 1. The van der Waals surface area contributed by atoms with Crippen molar-refractivity contribution in [2.24, 2.45) is 5.10 Å². The van der Waals surface area contributed by atoms with Crippen molar-refractivity contribution in [2.45, 2.75) is 20.8 Å². The second kappa shape index (κ2) is 3.94. The summed E-state index contributed by atoms with van der Waals surface area (Å²) in [5.41, 5.74) is 0. The third-order valence-electron chi connectivity index (χ3n) is 2.01. The van der Waals surface area contributed by atoms with Gasteiger partial charge >= 0.3 is 0 Å². The fourth-order valence-corrected chi connectivity index (χ4v) is 2.01. The lowest BCUT2D eigenvalue weighted by Gasteiger charge is -1.95. The van der Waals surface area contributed by atoms with Crippen molar-refractivity contribution in [3.8, 4) is 0 Å². The molecule has 0 unspecified atom stereocenters. The van der Waals surface area contributed by atoms with Crippen LogP contribution in [0, 0.1) is 20.8 Å². The molecule has 0 spiro atoms. The fourth-order valence-electron chi connectivity index (χ4n) is 1.27. The molecule has 0 amide bonds. The summed E-state index contributed by atoms with van der Waals surface area (Å²) in [6.07, 6.45) is 1.83. The van der Waals surface area contributed by atoms with Crippen molar-refractivity contribution in [2.75, 3.05) is 0 Å². The summed E-state index contributed by atoms with van der Waals surface area (Å²) in [6.45, 7) is 5.85. The molecule has 0 aliphatic heterocycles. The van der Waals surface area contributed by atoms with Crippen molar-refractivity contribution in [1.82, 2.24) is 14.9 Å². The Morgan fingerprint density at radius 1 is 1.20 bits per heavy atom. The molecule has 78 valence electrons. The van der Waals surface area contributed by atoms with E-state index in [0.717, 1.165) is 16.5 Å². The van der Waals surface area contributed by atoms with E-state index < -0.39 is 0 Å². The first-order valence-corrected chi connectivity index (χ1v) is 5.48. The summed E-state index contributed by atoms with van der Waals surface area (Å²) < 4.78 is 1.73. The average molecular weight is 220 g/mol. The van der Waals surface area contributed by atoms with Crippen LogP contribution in [0.1, 0.15) is 21.4 Å². The summed E-state index contributed by atoms with van der Waals surface area (Å²) in [4.78, 5) is 2.42. The van der Waals surface area contributed by atoms with Crippen LogP contribution in [0.5, 0.6) is 0 Å². The average Bonchev–Trinajstić information content (AvgIpc) is 2.73. The summed E-state index contributed by atoms with van der Waals surface area (Å²) in [6, 6.07) is 4.14. The Balaban J connectivity index is 2.25. The molecule has 0 aliphatic carbocycles. The van der Waals surface area contributed by atoms with Gasteiger partial charge in [-0.25, -0.2) is 4.68 Å². The van der Waals surface area contributed by atoms with Crippen molar-refractivity contribution < 1.29 is 0 Å². The van der Waals surface area contributed by atoms with Gasteiger partial charge in [-0.05, 0) is 32.9 Å². The number of hydrogen-bond acceptors (Lipinski definition) is 4. The summed E-state index contributed by atoms with van der Waals surface area (Å²) >= 11 is 1.72. The summed E-state index contributed by atoms with van der Waals surface area (Å²) in [5.74, 6) is 1.61. The van der Waals surface area contributed by atoms with Crippen molar-refractivity contribution in [1.29, 1.82) is 0 Å². The number of nitrogens with zero attached hydrogens (tertiary/aromatic N) is 4. The molecule has 0 aliphatic rings. The van der Waals surface area contributed by atoms with Gasteiger partial charge in [0, 0.05) is 9.75 Å². The highest BCUT2D eigenvalue weighted by Gasteiger charge is 2.01. The molecule has 0 aromatic carbocycles. The Morgan fingerprint density at radius 2 is 1.87 bits per heavy atom. The molecule has 0 N–H and O–H groups in total. The minimum atomic E-state index is 0.803. The van der Waals surface area contributed by atoms with Gasteiger partial charge < -0.3 is 0 Å². The zero-order valence-corrected chi connectivity index (χ0v) is 9.75. The lowest BCUT2D eigenvalue weighted by Crippen LogP contribution is -1.95. The molecule has 2 aromatic heterocycles. The maximum atomic E-state index is 4.33. The van der Waals surface area contributed by atoms with E-state index in [1.807, 2.05) is 20.1 Å². The van der Waals surface area contributed by atoms with Crippen molar-refractivity contribution in [3.05, 3.63) is 33.5 Å². The molecule has 0 saturated heterocycles. The number of aryl methyl sites for hydroxylation is 3. The normalized spacial score (nSPS) is 11.4. The quantitative estimate of drug-likeness (QED) is 0.728. The molecule has 0 bridgehead atoms. The monoisotopic (exact) mass is 220 g/mol. The number of aromatic nitrogens is 3. The van der Waals surface area contributed by atoms with Crippen LogP contribution >= 0.6 is 11.3 Å². The highest BCUT2D eigenvalue weighted by Crippen LogP contribution is 2.12. The minimum absolute atomic E-state index is 0.803. The lowest BCUT2D eigenvalue weighted by atomic mass is 10.4. The van der Waals surface area contributed by atoms with E-state index in [0.29, 0.717) is 0 Å². The van der Waals surface area contributed by atoms with Crippen LogP contribution in [0.4, 0.5) is 0 Å². The van der Waals surface area contributed by atoms with Crippen molar-refractivity contribution >= 4 is 17.6 Å². The van der Waals surface area contributed by atoms with Crippen LogP contribution in [-0.2, 0) is 0 Å². The lowest BCUT2D eigenvalue weighted by molar-refractivity contribution is 0.799. The Labute approximate surface area is 92.3 Å². The van der Waals surface area contributed by atoms with E-state index in [-0.39, 0.29) is 0 Å². The minimum Gasteiger partial charge on any atom is -0.202 e. The first-order valence-electron chi connectivity index (χ1n) is 4.66. The standard InChI is InChI=1S/C10H12N4S/c1-7-4-5-10(15-7)6-11-14-8(2)12-13-9(14)3/h4-6H,1-3H3/b11-6-. The first kappa shape index (κ1) is 10.0. The van der Waals surface area contributed by atoms with Gasteiger partial charge in [-0.3, -0.25) is 0 Å². The fraction of sp³-hybridized carbons (Fsp3) is 0.300. The van der Waals surface area contributed by atoms with Gasteiger partial charge in [0.1, 0.15) is 0 Å². The first-order chi connectivity index (χ1) is 7.16. The highest BCUT2D eigenvalue weighted by molar-refractivity contribution is 7.13. The summed E-state index contributed by atoms with van der Waals surface area (Å²) in [7, 11) is 0. The van der Waals surface area contributed by atoms with Crippen LogP contribution in [0.25, 0.3) is 0 Å². The number of rotatable bonds is 2. The molecule has 0 atom stereocenters.